The number of primary amides is 1. The third kappa shape index (κ3) is 1.93. The normalized spacial score (nSPS) is 17.9. The molecule has 2 N–H and O–H groups in total. The molecule has 2 rings (SSSR count). The van der Waals surface area contributed by atoms with E-state index in [9.17, 15) is 9.18 Å². The number of carbonyl (C=O) groups excluding carboxylic acids is 1. The van der Waals surface area contributed by atoms with Crippen LogP contribution < -0.4 is 5.73 Å². The van der Waals surface area contributed by atoms with E-state index in [1.54, 1.807) is 13.0 Å². The van der Waals surface area contributed by atoms with E-state index in [0.29, 0.717) is 12.1 Å². The minimum Gasteiger partial charge on any atom is -0.368 e. The van der Waals surface area contributed by atoms with Crippen molar-refractivity contribution >= 4 is 5.91 Å². The lowest BCUT2D eigenvalue weighted by molar-refractivity contribution is -0.123. The lowest BCUT2D eigenvalue weighted by Gasteiger charge is -2.32. The van der Waals surface area contributed by atoms with Crippen molar-refractivity contribution in [2.24, 2.45) is 5.73 Å². The molecule has 1 aromatic rings. The van der Waals surface area contributed by atoms with Gasteiger partial charge in [0.2, 0.25) is 5.91 Å². The highest BCUT2D eigenvalue weighted by Crippen LogP contribution is 2.22. The molecule has 0 aromatic heterocycles. The van der Waals surface area contributed by atoms with Gasteiger partial charge in [0.25, 0.3) is 0 Å². The molecule has 1 atom stereocenters. The molecule has 1 aliphatic rings. The van der Waals surface area contributed by atoms with E-state index in [1.165, 1.54) is 6.07 Å². The standard InChI is InChI=1S/C12H15FN2O/c1-8(12(14)16)15-6-5-9-3-2-4-11(13)10(9)7-15/h2-4,8H,5-7H2,1H3,(H2,14,16). The van der Waals surface area contributed by atoms with Gasteiger partial charge in [-0.1, -0.05) is 12.1 Å². The van der Waals surface area contributed by atoms with Gasteiger partial charge in [-0.3, -0.25) is 9.69 Å². The Morgan fingerprint density at radius 1 is 1.56 bits per heavy atom. The van der Waals surface area contributed by atoms with Gasteiger partial charge in [-0.2, -0.15) is 0 Å². The van der Waals surface area contributed by atoms with E-state index in [0.717, 1.165) is 18.5 Å². The summed E-state index contributed by atoms with van der Waals surface area (Å²) in [5.74, 6) is -0.557. The van der Waals surface area contributed by atoms with Gasteiger partial charge in [0.05, 0.1) is 6.04 Å². The molecule has 4 heteroatoms. The van der Waals surface area contributed by atoms with Gasteiger partial charge in [0, 0.05) is 18.7 Å². The summed E-state index contributed by atoms with van der Waals surface area (Å²) in [7, 11) is 0. The number of nitrogens with two attached hydrogens (primary N) is 1. The van der Waals surface area contributed by atoms with Crippen molar-refractivity contribution in [2.75, 3.05) is 6.54 Å². The molecule has 1 heterocycles. The van der Waals surface area contributed by atoms with Gasteiger partial charge in [-0.15, -0.1) is 0 Å². The van der Waals surface area contributed by atoms with Crippen molar-refractivity contribution in [3.8, 4) is 0 Å². The highest BCUT2D eigenvalue weighted by atomic mass is 19.1. The second-order valence-corrected chi connectivity index (χ2v) is 4.18. The third-order valence-electron chi connectivity index (χ3n) is 3.20. The molecule has 0 aliphatic carbocycles. The lowest BCUT2D eigenvalue weighted by Crippen LogP contribution is -2.45. The smallest absolute Gasteiger partial charge is 0.234 e. The first-order valence-electron chi connectivity index (χ1n) is 5.39. The van der Waals surface area contributed by atoms with E-state index in [4.69, 9.17) is 5.73 Å². The second kappa shape index (κ2) is 4.22. The summed E-state index contributed by atoms with van der Waals surface area (Å²) in [5.41, 5.74) is 6.98. The number of hydrogen-bond acceptors (Lipinski definition) is 2. The third-order valence-corrected chi connectivity index (χ3v) is 3.20. The minimum absolute atomic E-state index is 0.195. The van der Waals surface area contributed by atoms with Gasteiger partial charge in [-0.05, 0) is 25.0 Å². The van der Waals surface area contributed by atoms with Crippen LogP contribution in [0, 0.1) is 5.82 Å². The monoisotopic (exact) mass is 222 g/mol. The summed E-state index contributed by atoms with van der Waals surface area (Å²) < 4.78 is 13.6. The van der Waals surface area contributed by atoms with Gasteiger partial charge in [0.15, 0.2) is 0 Å². The topological polar surface area (TPSA) is 46.3 Å². The highest BCUT2D eigenvalue weighted by Gasteiger charge is 2.25. The quantitative estimate of drug-likeness (QED) is 0.813. The maximum absolute atomic E-state index is 13.6. The number of fused-ring (bicyclic) bond motifs is 1. The number of hydrogen-bond donors (Lipinski definition) is 1. The second-order valence-electron chi connectivity index (χ2n) is 4.18. The molecule has 0 spiro atoms. The molecule has 0 saturated carbocycles. The summed E-state index contributed by atoms with van der Waals surface area (Å²) in [5, 5.41) is 0. The van der Waals surface area contributed by atoms with Crippen LogP contribution in [0.15, 0.2) is 18.2 Å². The molecule has 1 aliphatic heterocycles. The molecule has 1 unspecified atom stereocenters. The summed E-state index contributed by atoms with van der Waals surface area (Å²) in [6, 6.07) is 4.77. The molecule has 3 nitrogen and oxygen atoms in total. The zero-order valence-electron chi connectivity index (χ0n) is 9.24. The van der Waals surface area contributed by atoms with Gasteiger partial charge in [0.1, 0.15) is 5.82 Å². The summed E-state index contributed by atoms with van der Waals surface area (Å²) in [6.45, 7) is 2.97. The Labute approximate surface area is 94.0 Å². The van der Waals surface area contributed by atoms with Crippen LogP contribution in [0.5, 0.6) is 0 Å². The maximum atomic E-state index is 13.6. The van der Waals surface area contributed by atoms with Crippen LogP contribution in [0.25, 0.3) is 0 Å². The molecule has 0 radical (unpaired) electrons. The van der Waals surface area contributed by atoms with Crippen molar-refractivity contribution < 1.29 is 9.18 Å². The van der Waals surface area contributed by atoms with Gasteiger partial charge < -0.3 is 5.73 Å². The van der Waals surface area contributed by atoms with E-state index in [-0.39, 0.29) is 17.8 Å². The van der Waals surface area contributed by atoms with Crippen LogP contribution >= 0.6 is 0 Å². The molecule has 1 amide bonds. The maximum Gasteiger partial charge on any atom is 0.234 e. The summed E-state index contributed by atoms with van der Waals surface area (Å²) >= 11 is 0. The number of amides is 1. The van der Waals surface area contributed by atoms with Crippen molar-refractivity contribution in [1.82, 2.24) is 4.90 Å². The zero-order valence-corrected chi connectivity index (χ0v) is 9.24. The lowest BCUT2D eigenvalue weighted by atomic mass is 9.98. The zero-order chi connectivity index (χ0) is 11.7. The fraction of sp³-hybridized carbons (Fsp3) is 0.417. The summed E-state index contributed by atoms with van der Waals surface area (Å²) in [4.78, 5) is 13.0. The van der Waals surface area contributed by atoms with Crippen molar-refractivity contribution in [3.05, 3.63) is 35.1 Å². The number of nitrogens with zero attached hydrogens (tertiary/aromatic N) is 1. The number of benzene rings is 1. The average Bonchev–Trinajstić information content (AvgIpc) is 2.28. The molecule has 0 bridgehead atoms. The Morgan fingerprint density at radius 2 is 2.31 bits per heavy atom. The van der Waals surface area contributed by atoms with Crippen molar-refractivity contribution in [3.63, 3.8) is 0 Å². The Bertz CT molecular complexity index is 419. The number of rotatable bonds is 2. The first-order chi connectivity index (χ1) is 7.59. The van der Waals surface area contributed by atoms with Crippen LogP contribution in [0.3, 0.4) is 0 Å². The van der Waals surface area contributed by atoms with Crippen LogP contribution in [0.4, 0.5) is 4.39 Å². The number of halogens is 1. The largest absolute Gasteiger partial charge is 0.368 e. The van der Waals surface area contributed by atoms with Gasteiger partial charge in [-0.25, -0.2) is 4.39 Å². The van der Waals surface area contributed by atoms with Crippen molar-refractivity contribution in [2.45, 2.75) is 25.9 Å². The molecule has 86 valence electrons. The van der Waals surface area contributed by atoms with E-state index >= 15 is 0 Å². The van der Waals surface area contributed by atoms with E-state index in [1.807, 2.05) is 11.0 Å². The van der Waals surface area contributed by atoms with Crippen LogP contribution in [0.2, 0.25) is 0 Å². The Kier molecular flexibility index (Phi) is 2.92. The predicted molar refractivity (Wildman–Crippen MR) is 59.2 cm³/mol. The van der Waals surface area contributed by atoms with E-state index in [2.05, 4.69) is 0 Å². The van der Waals surface area contributed by atoms with Crippen LogP contribution in [-0.2, 0) is 17.8 Å². The fourth-order valence-electron chi connectivity index (χ4n) is 2.07. The molecular formula is C12H15FN2O. The Morgan fingerprint density at radius 3 is 3.00 bits per heavy atom. The molecule has 16 heavy (non-hydrogen) atoms. The van der Waals surface area contributed by atoms with Gasteiger partial charge >= 0.3 is 0 Å². The first kappa shape index (κ1) is 11.1. The van der Waals surface area contributed by atoms with Crippen LogP contribution in [0.1, 0.15) is 18.1 Å². The molecule has 0 saturated heterocycles. The van der Waals surface area contributed by atoms with Crippen molar-refractivity contribution in [1.29, 1.82) is 0 Å². The predicted octanol–water partition coefficient (Wildman–Crippen LogP) is 1.06. The fourth-order valence-corrected chi connectivity index (χ4v) is 2.07. The SMILES string of the molecule is CC(C(N)=O)N1CCc2cccc(F)c2C1. The average molecular weight is 222 g/mol. The Hall–Kier alpha value is -1.42. The molecule has 0 fully saturated rings. The number of carbonyl (C=O) groups is 1. The molecule has 1 aromatic carbocycles. The summed E-state index contributed by atoms with van der Waals surface area (Å²) in [6.07, 6.45) is 0.769. The molecular weight excluding hydrogens is 207 g/mol. The first-order valence-corrected chi connectivity index (χ1v) is 5.39. The Balaban J connectivity index is 2.23. The highest BCUT2D eigenvalue weighted by molar-refractivity contribution is 5.79. The minimum atomic E-state index is -0.361. The van der Waals surface area contributed by atoms with Crippen LogP contribution in [-0.4, -0.2) is 23.4 Å². The van der Waals surface area contributed by atoms with E-state index < -0.39 is 0 Å².